The van der Waals surface area contributed by atoms with Gasteiger partial charge in [-0.1, -0.05) is 41.4 Å². The molecule has 0 aliphatic rings. The normalized spacial score (nSPS) is 11.2. The largest absolute Gasteiger partial charge is 0.457 e. The monoisotopic (exact) mass is 464 g/mol. The van der Waals surface area contributed by atoms with Gasteiger partial charge < -0.3 is 10.1 Å². The maximum Gasteiger partial charge on any atom is 0.255 e. The van der Waals surface area contributed by atoms with E-state index in [1.807, 2.05) is 0 Å². The van der Waals surface area contributed by atoms with E-state index in [4.69, 9.17) is 27.9 Å². The zero-order valence-corrected chi connectivity index (χ0v) is 18.2. The van der Waals surface area contributed by atoms with Crippen LogP contribution < -0.4 is 14.8 Å². The minimum Gasteiger partial charge on any atom is -0.457 e. The van der Waals surface area contributed by atoms with Gasteiger partial charge in [-0.05, 0) is 48.5 Å². The van der Waals surface area contributed by atoms with Gasteiger partial charge in [-0.2, -0.15) is 0 Å². The fourth-order valence-corrected chi connectivity index (χ4v) is 3.25. The lowest BCUT2D eigenvalue weighted by molar-refractivity contribution is 0.102. The first-order valence-corrected chi connectivity index (χ1v) is 11.4. The average Bonchev–Trinajstić information content (AvgIpc) is 2.70. The standard InChI is InChI=1S/C21H18Cl2N2O4S/c1-30(27,28)24-13-15-4-2-3-5-20(15)29-17-9-7-16(8-10-17)25-21(26)14-6-11-18(22)19(23)12-14/h2-12,24H,13H2,1H3,(H,25,26). The lowest BCUT2D eigenvalue weighted by Gasteiger charge is -2.12. The number of para-hydroxylation sites is 1. The maximum absolute atomic E-state index is 12.4. The van der Waals surface area contributed by atoms with E-state index in [0.717, 1.165) is 6.26 Å². The van der Waals surface area contributed by atoms with Gasteiger partial charge in [-0.3, -0.25) is 4.79 Å². The molecule has 3 aromatic rings. The van der Waals surface area contributed by atoms with Gasteiger partial charge in [0.05, 0.1) is 16.3 Å². The predicted molar refractivity (Wildman–Crippen MR) is 119 cm³/mol. The van der Waals surface area contributed by atoms with Gasteiger partial charge in [-0.25, -0.2) is 13.1 Å². The Morgan fingerprint density at radius 2 is 1.67 bits per heavy atom. The number of nitrogens with one attached hydrogen (secondary N) is 2. The molecule has 0 saturated heterocycles. The Bertz CT molecular complexity index is 1170. The van der Waals surface area contributed by atoms with Crippen molar-refractivity contribution in [1.82, 2.24) is 4.72 Å². The molecule has 0 heterocycles. The number of sulfonamides is 1. The zero-order chi connectivity index (χ0) is 21.7. The van der Waals surface area contributed by atoms with Crippen molar-refractivity contribution in [3.05, 3.63) is 87.9 Å². The molecule has 0 fully saturated rings. The smallest absolute Gasteiger partial charge is 0.255 e. The molecule has 1 amide bonds. The molecule has 2 N–H and O–H groups in total. The van der Waals surface area contributed by atoms with E-state index in [2.05, 4.69) is 10.0 Å². The van der Waals surface area contributed by atoms with Crippen LogP contribution in [-0.4, -0.2) is 20.6 Å². The number of amides is 1. The van der Waals surface area contributed by atoms with Gasteiger partial charge in [0.2, 0.25) is 10.0 Å². The molecule has 0 aliphatic heterocycles. The number of benzene rings is 3. The van der Waals surface area contributed by atoms with Gasteiger partial charge in [0.15, 0.2) is 0 Å². The Morgan fingerprint density at radius 1 is 0.967 bits per heavy atom. The molecule has 0 aliphatic carbocycles. The van der Waals surface area contributed by atoms with E-state index in [1.165, 1.54) is 6.07 Å². The number of rotatable bonds is 7. The first-order chi connectivity index (χ1) is 14.2. The van der Waals surface area contributed by atoms with Crippen LogP contribution in [0.3, 0.4) is 0 Å². The molecular weight excluding hydrogens is 447 g/mol. The van der Waals surface area contributed by atoms with Gasteiger partial charge in [0.25, 0.3) is 5.91 Å². The fourth-order valence-electron chi connectivity index (χ4n) is 2.53. The Hall–Kier alpha value is -2.58. The van der Waals surface area contributed by atoms with Crippen molar-refractivity contribution >= 4 is 44.8 Å². The molecule has 0 spiro atoms. The third kappa shape index (κ3) is 6.21. The van der Waals surface area contributed by atoms with Crippen molar-refractivity contribution < 1.29 is 17.9 Å². The average molecular weight is 465 g/mol. The number of anilines is 1. The van der Waals surface area contributed by atoms with Gasteiger partial charge in [0, 0.05) is 23.4 Å². The second kappa shape index (κ2) is 9.49. The molecule has 9 heteroatoms. The van der Waals surface area contributed by atoms with Crippen LogP contribution in [0, 0.1) is 0 Å². The molecule has 0 atom stereocenters. The van der Waals surface area contributed by atoms with Crippen LogP contribution in [0.4, 0.5) is 5.69 Å². The molecule has 0 radical (unpaired) electrons. The quantitative estimate of drug-likeness (QED) is 0.509. The highest BCUT2D eigenvalue weighted by atomic mass is 35.5. The van der Waals surface area contributed by atoms with Crippen LogP contribution in [0.2, 0.25) is 10.0 Å². The van der Waals surface area contributed by atoms with Crippen molar-refractivity contribution in [2.45, 2.75) is 6.54 Å². The third-order valence-corrected chi connectivity index (χ3v) is 5.43. The molecule has 0 bridgehead atoms. The SMILES string of the molecule is CS(=O)(=O)NCc1ccccc1Oc1ccc(NC(=O)c2ccc(Cl)c(Cl)c2)cc1. The van der Waals surface area contributed by atoms with E-state index < -0.39 is 10.0 Å². The van der Waals surface area contributed by atoms with Gasteiger partial charge in [0.1, 0.15) is 11.5 Å². The van der Waals surface area contributed by atoms with Crippen LogP contribution in [-0.2, 0) is 16.6 Å². The summed E-state index contributed by atoms with van der Waals surface area (Å²) < 4.78 is 31.0. The maximum atomic E-state index is 12.4. The Labute approximate surface area is 184 Å². The van der Waals surface area contributed by atoms with Gasteiger partial charge >= 0.3 is 0 Å². The number of halogens is 2. The van der Waals surface area contributed by atoms with E-state index in [-0.39, 0.29) is 12.5 Å². The molecule has 156 valence electrons. The summed E-state index contributed by atoms with van der Waals surface area (Å²) in [6, 6.07) is 18.6. The van der Waals surface area contributed by atoms with Crippen LogP contribution in [0.5, 0.6) is 11.5 Å². The minimum atomic E-state index is -3.32. The summed E-state index contributed by atoms with van der Waals surface area (Å²) in [5, 5.41) is 3.45. The highest BCUT2D eigenvalue weighted by Crippen LogP contribution is 2.27. The Morgan fingerprint density at radius 3 is 2.33 bits per heavy atom. The Balaban J connectivity index is 1.68. The summed E-state index contributed by atoms with van der Waals surface area (Å²) in [5.41, 5.74) is 1.66. The van der Waals surface area contributed by atoms with E-state index in [9.17, 15) is 13.2 Å². The summed E-state index contributed by atoms with van der Waals surface area (Å²) in [6.45, 7) is 0.118. The number of carbonyl (C=O) groups excluding carboxylic acids is 1. The van der Waals surface area contributed by atoms with Crippen molar-refractivity contribution in [1.29, 1.82) is 0 Å². The number of carbonyl (C=O) groups is 1. The van der Waals surface area contributed by atoms with Crippen molar-refractivity contribution in [2.75, 3.05) is 11.6 Å². The summed E-state index contributed by atoms with van der Waals surface area (Å²) in [6.07, 6.45) is 1.10. The molecule has 0 unspecified atom stereocenters. The number of hydrogen-bond acceptors (Lipinski definition) is 4. The first kappa shape index (κ1) is 22.1. The summed E-state index contributed by atoms with van der Waals surface area (Å²) in [5.74, 6) is 0.745. The zero-order valence-electron chi connectivity index (χ0n) is 15.9. The summed E-state index contributed by atoms with van der Waals surface area (Å²) >= 11 is 11.8. The highest BCUT2D eigenvalue weighted by Gasteiger charge is 2.10. The summed E-state index contributed by atoms with van der Waals surface area (Å²) in [4.78, 5) is 12.4. The van der Waals surface area contributed by atoms with E-state index in [1.54, 1.807) is 60.7 Å². The van der Waals surface area contributed by atoms with Gasteiger partial charge in [-0.15, -0.1) is 0 Å². The fraction of sp³-hybridized carbons (Fsp3) is 0.0952. The molecule has 0 saturated carbocycles. The number of ether oxygens (including phenoxy) is 1. The molecule has 6 nitrogen and oxygen atoms in total. The molecule has 0 aromatic heterocycles. The van der Waals surface area contributed by atoms with Crippen LogP contribution in [0.25, 0.3) is 0 Å². The van der Waals surface area contributed by atoms with E-state index >= 15 is 0 Å². The predicted octanol–water partition coefficient (Wildman–Crippen LogP) is 5.09. The van der Waals surface area contributed by atoms with E-state index in [0.29, 0.717) is 38.4 Å². The molecular formula is C21H18Cl2N2O4S. The molecule has 3 aromatic carbocycles. The van der Waals surface area contributed by atoms with Crippen LogP contribution in [0.15, 0.2) is 66.7 Å². The molecule has 3 rings (SSSR count). The lowest BCUT2D eigenvalue weighted by Crippen LogP contribution is -2.21. The Kier molecular flexibility index (Phi) is 6.99. The second-order valence-electron chi connectivity index (χ2n) is 6.41. The van der Waals surface area contributed by atoms with Crippen LogP contribution in [0.1, 0.15) is 15.9 Å². The minimum absolute atomic E-state index is 0.118. The van der Waals surface area contributed by atoms with Crippen molar-refractivity contribution in [3.8, 4) is 11.5 Å². The van der Waals surface area contributed by atoms with Crippen molar-refractivity contribution in [3.63, 3.8) is 0 Å². The highest BCUT2D eigenvalue weighted by molar-refractivity contribution is 7.88. The number of hydrogen-bond donors (Lipinski definition) is 2. The second-order valence-corrected chi connectivity index (χ2v) is 9.06. The van der Waals surface area contributed by atoms with Crippen molar-refractivity contribution in [2.24, 2.45) is 0 Å². The van der Waals surface area contributed by atoms with Crippen LogP contribution >= 0.6 is 23.2 Å². The first-order valence-electron chi connectivity index (χ1n) is 8.78. The lowest BCUT2D eigenvalue weighted by atomic mass is 10.2. The summed E-state index contributed by atoms with van der Waals surface area (Å²) in [7, 11) is -3.32. The molecule has 30 heavy (non-hydrogen) atoms. The third-order valence-electron chi connectivity index (χ3n) is 4.02. The topological polar surface area (TPSA) is 84.5 Å².